The van der Waals surface area contributed by atoms with Crippen molar-refractivity contribution < 1.29 is 13.2 Å². The van der Waals surface area contributed by atoms with Crippen molar-refractivity contribution in [2.45, 2.75) is 70.7 Å². The van der Waals surface area contributed by atoms with E-state index in [9.17, 15) is 13.2 Å². The second-order valence-corrected chi connectivity index (χ2v) is 9.98. The number of carbonyl (C=O) groups is 1. The van der Waals surface area contributed by atoms with Gasteiger partial charge in [-0.2, -0.15) is 0 Å². The molecule has 1 saturated carbocycles. The summed E-state index contributed by atoms with van der Waals surface area (Å²) in [6.07, 6.45) is 3.09. The highest BCUT2D eigenvalue weighted by Crippen LogP contribution is 2.27. The van der Waals surface area contributed by atoms with E-state index in [-0.39, 0.29) is 17.9 Å². The molecule has 1 heterocycles. The Hall–Kier alpha value is -0.660. The van der Waals surface area contributed by atoms with Crippen LogP contribution in [0.1, 0.15) is 53.4 Å². The van der Waals surface area contributed by atoms with Crippen molar-refractivity contribution in [1.82, 2.24) is 14.5 Å². The fraction of sp³-hybridized carbons (Fsp3) is 0.941. The van der Waals surface area contributed by atoms with Gasteiger partial charge in [-0.25, -0.2) is 13.1 Å². The Morgan fingerprint density at radius 3 is 1.96 bits per heavy atom. The molecule has 0 unspecified atom stereocenters. The van der Waals surface area contributed by atoms with Crippen LogP contribution >= 0.6 is 0 Å². The van der Waals surface area contributed by atoms with Crippen molar-refractivity contribution in [3.63, 3.8) is 0 Å². The third kappa shape index (κ3) is 4.92. The molecule has 2 fully saturated rings. The second-order valence-electron chi connectivity index (χ2n) is 7.72. The molecule has 1 aliphatic heterocycles. The molecule has 1 saturated heterocycles. The van der Waals surface area contributed by atoms with Crippen molar-refractivity contribution in [2.24, 2.45) is 5.92 Å². The van der Waals surface area contributed by atoms with Gasteiger partial charge in [0.1, 0.15) is 0 Å². The molecule has 0 aromatic rings. The molecule has 2 aliphatic rings. The summed E-state index contributed by atoms with van der Waals surface area (Å²) in [6.45, 7) is 11.3. The van der Waals surface area contributed by atoms with E-state index >= 15 is 0 Å². The Balaban J connectivity index is 1.79. The molecule has 6 nitrogen and oxygen atoms in total. The largest absolute Gasteiger partial charge is 0.340 e. The van der Waals surface area contributed by atoms with E-state index in [1.165, 1.54) is 0 Å². The summed E-state index contributed by atoms with van der Waals surface area (Å²) in [4.78, 5) is 17.1. The van der Waals surface area contributed by atoms with Crippen LogP contribution in [0, 0.1) is 5.92 Å². The Morgan fingerprint density at radius 2 is 1.50 bits per heavy atom. The highest BCUT2D eigenvalue weighted by Gasteiger charge is 2.32. The lowest BCUT2D eigenvalue weighted by atomic mass is 9.85. The van der Waals surface area contributed by atoms with Crippen LogP contribution in [0.3, 0.4) is 0 Å². The lowest BCUT2D eigenvalue weighted by molar-refractivity contribution is -0.138. The molecule has 1 amide bonds. The van der Waals surface area contributed by atoms with Gasteiger partial charge < -0.3 is 4.90 Å². The van der Waals surface area contributed by atoms with E-state index in [2.05, 4.69) is 23.5 Å². The first-order valence-corrected chi connectivity index (χ1v) is 10.8. The summed E-state index contributed by atoms with van der Waals surface area (Å²) in [7, 11) is -3.22. The van der Waals surface area contributed by atoms with Gasteiger partial charge in [0, 0.05) is 44.2 Å². The maximum Gasteiger partial charge on any atom is 0.225 e. The summed E-state index contributed by atoms with van der Waals surface area (Å²) >= 11 is 0. The van der Waals surface area contributed by atoms with E-state index in [0.29, 0.717) is 6.04 Å². The number of rotatable bonds is 5. The third-order valence-electron chi connectivity index (χ3n) is 5.38. The molecule has 0 atom stereocenters. The molecule has 0 bridgehead atoms. The molecule has 24 heavy (non-hydrogen) atoms. The monoisotopic (exact) mass is 359 g/mol. The van der Waals surface area contributed by atoms with Crippen molar-refractivity contribution in [2.75, 3.05) is 26.2 Å². The molecular formula is C17H33N3O3S. The van der Waals surface area contributed by atoms with E-state index in [0.717, 1.165) is 51.9 Å². The highest BCUT2D eigenvalue weighted by atomic mass is 32.2. The van der Waals surface area contributed by atoms with Crippen LogP contribution in [0.5, 0.6) is 0 Å². The molecule has 0 aromatic carbocycles. The Bertz CT molecular complexity index is 517. The van der Waals surface area contributed by atoms with Gasteiger partial charge in [0.15, 0.2) is 0 Å². The van der Waals surface area contributed by atoms with Gasteiger partial charge in [-0.3, -0.25) is 9.69 Å². The van der Waals surface area contributed by atoms with E-state index in [4.69, 9.17) is 0 Å². The van der Waals surface area contributed by atoms with Gasteiger partial charge in [-0.1, -0.05) is 0 Å². The number of sulfonamides is 1. The molecule has 2 rings (SSSR count). The van der Waals surface area contributed by atoms with Gasteiger partial charge in [0.05, 0.1) is 5.25 Å². The van der Waals surface area contributed by atoms with E-state index in [1.807, 2.05) is 4.90 Å². The smallest absolute Gasteiger partial charge is 0.225 e. The molecule has 0 aromatic heterocycles. The average Bonchev–Trinajstić information content (AvgIpc) is 2.54. The fourth-order valence-corrected chi connectivity index (χ4v) is 4.52. The number of nitrogens with one attached hydrogen (secondary N) is 1. The fourth-order valence-electron chi connectivity index (χ4n) is 3.54. The van der Waals surface area contributed by atoms with Crippen molar-refractivity contribution in [3.05, 3.63) is 0 Å². The minimum atomic E-state index is -3.22. The zero-order chi connectivity index (χ0) is 17.9. The predicted octanol–water partition coefficient (Wildman–Crippen LogP) is 1.43. The topological polar surface area (TPSA) is 69.7 Å². The molecule has 140 valence electrons. The quantitative estimate of drug-likeness (QED) is 0.806. The van der Waals surface area contributed by atoms with Crippen LogP contribution in [-0.4, -0.2) is 67.6 Å². The van der Waals surface area contributed by atoms with Gasteiger partial charge in [0.2, 0.25) is 15.9 Å². The van der Waals surface area contributed by atoms with Crippen molar-refractivity contribution >= 4 is 15.9 Å². The van der Waals surface area contributed by atoms with Crippen LogP contribution in [0.4, 0.5) is 0 Å². The zero-order valence-corrected chi connectivity index (χ0v) is 16.3. The summed E-state index contributed by atoms with van der Waals surface area (Å²) in [5, 5.41) is -0.408. The van der Waals surface area contributed by atoms with E-state index in [1.54, 1.807) is 13.8 Å². The summed E-state index contributed by atoms with van der Waals surface area (Å²) in [5.41, 5.74) is 0. The number of hydrogen-bond donors (Lipinski definition) is 1. The molecule has 0 radical (unpaired) electrons. The Kier molecular flexibility index (Phi) is 6.67. The van der Waals surface area contributed by atoms with Gasteiger partial charge in [0.25, 0.3) is 0 Å². The number of nitrogens with zero attached hydrogens (tertiary/aromatic N) is 2. The first-order valence-electron chi connectivity index (χ1n) is 9.24. The molecule has 1 N–H and O–H groups in total. The summed E-state index contributed by atoms with van der Waals surface area (Å²) in [6, 6.07) is 0.519. The lowest BCUT2D eigenvalue weighted by Crippen LogP contribution is -2.52. The highest BCUT2D eigenvalue weighted by molar-refractivity contribution is 7.90. The normalized spacial score (nSPS) is 27.0. The van der Waals surface area contributed by atoms with Gasteiger partial charge in [-0.15, -0.1) is 0 Å². The maximum atomic E-state index is 12.7. The SMILES string of the molecule is CC(C)N1CCN(C(=O)C2CCC(NS(=O)(=O)C(C)C)CC2)CC1. The zero-order valence-electron chi connectivity index (χ0n) is 15.5. The number of carbonyl (C=O) groups excluding carboxylic acids is 1. The predicted molar refractivity (Wildman–Crippen MR) is 96.2 cm³/mol. The summed E-state index contributed by atoms with van der Waals surface area (Å²) < 4.78 is 26.7. The van der Waals surface area contributed by atoms with Crippen LogP contribution in [-0.2, 0) is 14.8 Å². The Labute approximate surface area is 147 Å². The van der Waals surface area contributed by atoms with Gasteiger partial charge >= 0.3 is 0 Å². The lowest BCUT2D eigenvalue weighted by Gasteiger charge is -2.39. The van der Waals surface area contributed by atoms with Crippen molar-refractivity contribution in [1.29, 1.82) is 0 Å². The average molecular weight is 360 g/mol. The van der Waals surface area contributed by atoms with Crippen LogP contribution in [0.2, 0.25) is 0 Å². The van der Waals surface area contributed by atoms with Crippen molar-refractivity contribution in [3.8, 4) is 0 Å². The maximum absolute atomic E-state index is 12.7. The molecule has 0 spiro atoms. The molecular weight excluding hydrogens is 326 g/mol. The van der Waals surface area contributed by atoms with Gasteiger partial charge in [-0.05, 0) is 53.4 Å². The minimum Gasteiger partial charge on any atom is -0.340 e. The molecule has 1 aliphatic carbocycles. The van der Waals surface area contributed by atoms with Crippen LogP contribution in [0.25, 0.3) is 0 Å². The summed E-state index contributed by atoms with van der Waals surface area (Å²) in [5.74, 6) is 0.332. The number of hydrogen-bond acceptors (Lipinski definition) is 4. The van der Waals surface area contributed by atoms with E-state index < -0.39 is 15.3 Å². The molecule has 7 heteroatoms. The Morgan fingerprint density at radius 1 is 0.958 bits per heavy atom. The standard InChI is InChI=1S/C17H33N3O3S/c1-13(2)19-9-11-20(12-10-19)17(21)15-5-7-16(8-6-15)18-24(22,23)14(3)4/h13-16,18H,5-12H2,1-4H3. The second kappa shape index (κ2) is 8.15. The first-order chi connectivity index (χ1) is 11.2. The van der Waals surface area contributed by atoms with Crippen LogP contribution < -0.4 is 4.72 Å². The first kappa shape index (κ1) is 19.7. The third-order valence-corrected chi connectivity index (χ3v) is 7.29. The van der Waals surface area contributed by atoms with Crippen LogP contribution in [0.15, 0.2) is 0 Å². The number of piperazine rings is 1. The minimum absolute atomic E-state index is 0.0146. The number of amides is 1.